The number of anilines is 1. The number of carbonyl (C=O) groups is 1. The van der Waals surface area contributed by atoms with Crippen molar-refractivity contribution in [1.82, 2.24) is 0 Å². The molecule has 0 fully saturated rings. The minimum absolute atomic E-state index is 0.163. The van der Waals surface area contributed by atoms with E-state index in [0.29, 0.717) is 17.2 Å². The topological polar surface area (TPSA) is 99.9 Å². The third-order valence-electron chi connectivity index (χ3n) is 3.29. The van der Waals surface area contributed by atoms with E-state index >= 15 is 0 Å². The monoisotopic (exact) mass is 332 g/mol. The predicted octanol–water partition coefficient (Wildman–Crippen LogP) is 2.87. The molecule has 0 aliphatic carbocycles. The molecule has 0 aromatic heterocycles. The number of non-ortho nitro benzene ring substituents is 1. The molecule has 0 atom stereocenters. The van der Waals surface area contributed by atoms with Crippen LogP contribution in [0, 0.1) is 10.1 Å². The standard InChI is InChI=1S/C16H16N2O6/c1-22-11-5-7-14(23-2)12(9-11)16(19)17-13-8-10(18(20)21)4-6-15(13)24-3/h4-9H,1-3H3,(H,17,19). The molecule has 2 rings (SSSR count). The summed E-state index contributed by atoms with van der Waals surface area (Å²) in [7, 11) is 4.32. The Morgan fingerprint density at radius 3 is 2.25 bits per heavy atom. The third-order valence-corrected chi connectivity index (χ3v) is 3.29. The highest BCUT2D eigenvalue weighted by atomic mass is 16.6. The molecule has 0 radical (unpaired) electrons. The summed E-state index contributed by atoms with van der Waals surface area (Å²) in [6.07, 6.45) is 0. The zero-order chi connectivity index (χ0) is 17.7. The quantitative estimate of drug-likeness (QED) is 0.645. The van der Waals surface area contributed by atoms with Gasteiger partial charge in [0, 0.05) is 12.1 Å². The third kappa shape index (κ3) is 3.54. The molecule has 0 saturated carbocycles. The lowest BCUT2D eigenvalue weighted by molar-refractivity contribution is -0.384. The molecule has 0 spiro atoms. The van der Waals surface area contributed by atoms with E-state index in [0.717, 1.165) is 0 Å². The Hall–Kier alpha value is -3.29. The average molecular weight is 332 g/mol. The van der Waals surface area contributed by atoms with Gasteiger partial charge in [-0.1, -0.05) is 0 Å². The van der Waals surface area contributed by atoms with Gasteiger partial charge in [0.05, 0.1) is 37.5 Å². The maximum Gasteiger partial charge on any atom is 0.271 e. The Morgan fingerprint density at radius 1 is 1.00 bits per heavy atom. The van der Waals surface area contributed by atoms with E-state index in [1.54, 1.807) is 12.1 Å². The zero-order valence-electron chi connectivity index (χ0n) is 13.4. The van der Waals surface area contributed by atoms with Crippen LogP contribution in [0.1, 0.15) is 10.4 Å². The van der Waals surface area contributed by atoms with Crippen molar-refractivity contribution in [2.45, 2.75) is 0 Å². The second-order valence-electron chi connectivity index (χ2n) is 4.66. The highest BCUT2D eigenvalue weighted by Gasteiger charge is 2.18. The van der Waals surface area contributed by atoms with Gasteiger partial charge in [-0.2, -0.15) is 0 Å². The fraction of sp³-hybridized carbons (Fsp3) is 0.188. The Morgan fingerprint density at radius 2 is 1.67 bits per heavy atom. The van der Waals surface area contributed by atoms with Crippen molar-refractivity contribution in [3.05, 3.63) is 52.1 Å². The van der Waals surface area contributed by atoms with Gasteiger partial charge < -0.3 is 19.5 Å². The number of nitrogens with zero attached hydrogens (tertiary/aromatic N) is 1. The summed E-state index contributed by atoms with van der Waals surface area (Å²) in [6.45, 7) is 0. The first-order valence-electron chi connectivity index (χ1n) is 6.86. The van der Waals surface area contributed by atoms with Crippen LogP contribution >= 0.6 is 0 Å². The lowest BCUT2D eigenvalue weighted by Gasteiger charge is -2.13. The summed E-state index contributed by atoms with van der Waals surface area (Å²) in [5.74, 6) is 0.616. The molecule has 0 heterocycles. The number of hydrogen-bond acceptors (Lipinski definition) is 6. The van der Waals surface area contributed by atoms with Gasteiger partial charge >= 0.3 is 0 Å². The average Bonchev–Trinajstić information content (AvgIpc) is 2.60. The molecule has 2 aromatic carbocycles. The number of hydrogen-bond donors (Lipinski definition) is 1. The summed E-state index contributed by atoms with van der Waals surface area (Å²) >= 11 is 0. The van der Waals surface area contributed by atoms with Crippen LogP contribution in [0.3, 0.4) is 0 Å². The van der Waals surface area contributed by atoms with Gasteiger partial charge in [0.2, 0.25) is 0 Å². The maximum atomic E-state index is 12.5. The van der Waals surface area contributed by atoms with Gasteiger partial charge in [0.25, 0.3) is 11.6 Å². The summed E-state index contributed by atoms with van der Waals surface area (Å²) in [4.78, 5) is 22.9. The first-order chi connectivity index (χ1) is 11.5. The van der Waals surface area contributed by atoms with Crippen LogP contribution in [-0.4, -0.2) is 32.2 Å². The second kappa shape index (κ2) is 7.32. The minimum Gasteiger partial charge on any atom is -0.497 e. The first kappa shape index (κ1) is 17.1. The SMILES string of the molecule is COc1ccc(OC)c(C(=O)Nc2cc([N+](=O)[O-])ccc2OC)c1. The Balaban J connectivity index is 2.39. The van der Waals surface area contributed by atoms with E-state index in [1.807, 2.05) is 0 Å². The van der Waals surface area contributed by atoms with Crippen molar-refractivity contribution in [2.24, 2.45) is 0 Å². The smallest absolute Gasteiger partial charge is 0.271 e. The number of methoxy groups -OCH3 is 3. The molecule has 1 amide bonds. The van der Waals surface area contributed by atoms with Crippen molar-refractivity contribution in [2.75, 3.05) is 26.6 Å². The zero-order valence-corrected chi connectivity index (χ0v) is 13.4. The van der Waals surface area contributed by atoms with Crippen LogP contribution in [0.5, 0.6) is 17.2 Å². The largest absolute Gasteiger partial charge is 0.497 e. The number of ether oxygens (including phenoxy) is 3. The summed E-state index contributed by atoms with van der Waals surface area (Å²) in [5.41, 5.74) is 0.246. The Kier molecular flexibility index (Phi) is 5.20. The van der Waals surface area contributed by atoms with E-state index < -0.39 is 10.8 Å². The Labute approximate surface area is 138 Å². The van der Waals surface area contributed by atoms with E-state index in [9.17, 15) is 14.9 Å². The maximum absolute atomic E-state index is 12.5. The van der Waals surface area contributed by atoms with Crippen LogP contribution in [0.2, 0.25) is 0 Å². The first-order valence-corrected chi connectivity index (χ1v) is 6.86. The molecule has 24 heavy (non-hydrogen) atoms. The normalized spacial score (nSPS) is 9.96. The van der Waals surface area contributed by atoms with Crippen LogP contribution in [0.15, 0.2) is 36.4 Å². The summed E-state index contributed by atoms with van der Waals surface area (Å²) in [6, 6.07) is 8.69. The molecule has 8 nitrogen and oxygen atoms in total. The number of amides is 1. The number of carbonyl (C=O) groups excluding carboxylic acids is 1. The molecule has 2 aromatic rings. The van der Waals surface area contributed by atoms with Crippen molar-refractivity contribution in [3.63, 3.8) is 0 Å². The van der Waals surface area contributed by atoms with Crippen LogP contribution in [0.25, 0.3) is 0 Å². The molecule has 0 saturated heterocycles. The fourth-order valence-corrected chi connectivity index (χ4v) is 2.09. The predicted molar refractivity (Wildman–Crippen MR) is 87.1 cm³/mol. The van der Waals surface area contributed by atoms with Crippen molar-refractivity contribution in [3.8, 4) is 17.2 Å². The van der Waals surface area contributed by atoms with Gasteiger partial charge in [-0.05, 0) is 24.3 Å². The lowest BCUT2D eigenvalue weighted by atomic mass is 10.1. The van der Waals surface area contributed by atoms with Crippen molar-refractivity contribution in [1.29, 1.82) is 0 Å². The summed E-state index contributed by atoms with van der Waals surface area (Å²) < 4.78 is 15.4. The number of rotatable bonds is 6. The van der Waals surface area contributed by atoms with Gasteiger partial charge in [-0.3, -0.25) is 14.9 Å². The molecule has 126 valence electrons. The van der Waals surface area contributed by atoms with Gasteiger partial charge in [-0.15, -0.1) is 0 Å². The molecule has 1 N–H and O–H groups in total. The van der Waals surface area contributed by atoms with E-state index in [2.05, 4.69) is 5.32 Å². The van der Waals surface area contributed by atoms with Crippen molar-refractivity contribution < 1.29 is 23.9 Å². The minimum atomic E-state index is -0.554. The number of nitro benzene ring substituents is 1. The summed E-state index contributed by atoms with van der Waals surface area (Å²) in [5, 5.41) is 13.5. The van der Waals surface area contributed by atoms with Gasteiger partial charge in [0.15, 0.2) is 0 Å². The van der Waals surface area contributed by atoms with Crippen molar-refractivity contribution >= 4 is 17.3 Å². The fourth-order valence-electron chi connectivity index (χ4n) is 2.09. The van der Waals surface area contributed by atoms with Crippen LogP contribution in [0.4, 0.5) is 11.4 Å². The van der Waals surface area contributed by atoms with Gasteiger partial charge in [-0.25, -0.2) is 0 Å². The van der Waals surface area contributed by atoms with E-state index in [4.69, 9.17) is 14.2 Å². The molecular formula is C16H16N2O6. The van der Waals surface area contributed by atoms with Crippen LogP contribution < -0.4 is 19.5 Å². The molecule has 0 aliphatic rings. The van der Waals surface area contributed by atoms with E-state index in [1.165, 1.54) is 45.6 Å². The number of benzene rings is 2. The van der Waals surface area contributed by atoms with Gasteiger partial charge in [0.1, 0.15) is 17.2 Å². The highest BCUT2D eigenvalue weighted by Crippen LogP contribution is 2.31. The lowest BCUT2D eigenvalue weighted by Crippen LogP contribution is -2.14. The molecular weight excluding hydrogens is 316 g/mol. The highest BCUT2D eigenvalue weighted by molar-refractivity contribution is 6.07. The molecule has 0 unspecified atom stereocenters. The molecule has 0 aliphatic heterocycles. The molecule has 8 heteroatoms. The second-order valence-corrected chi connectivity index (χ2v) is 4.66. The number of nitrogens with one attached hydrogen (secondary N) is 1. The molecule has 0 bridgehead atoms. The number of nitro groups is 1. The van der Waals surface area contributed by atoms with E-state index in [-0.39, 0.29) is 16.9 Å². The Bertz CT molecular complexity index is 775. The van der Waals surface area contributed by atoms with Crippen LogP contribution in [-0.2, 0) is 0 Å².